The van der Waals surface area contributed by atoms with E-state index in [1.165, 1.54) is 0 Å². The molecule has 2 heterocycles. The molecule has 0 unspecified atom stereocenters. The average Bonchev–Trinajstić information content (AvgIpc) is 2.63. The molecule has 0 radical (unpaired) electrons. The Morgan fingerprint density at radius 3 is 2.30 bits per heavy atom. The van der Waals surface area contributed by atoms with E-state index in [1.807, 2.05) is 24.3 Å². The monoisotopic (exact) mass is 315 g/mol. The van der Waals surface area contributed by atoms with Gasteiger partial charge in [0.05, 0.1) is 13.2 Å². The van der Waals surface area contributed by atoms with Crippen molar-refractivity contribution in [2.75, 3.05) is 39.5 Å². The van der Waals surface area contributed by atoms with Crippen molar-refractivity contribution in [1.29, 1.82) is 0 Å². The van der Waals surface area contributed by atoms with Crippen molar-refractivity contribution >= 4 is 0 Å². The first-order valence-corrected chi connectivity index (χ1v) is 7.82. The molecule has 1 saturated heterocycles. The third kappa shape index (κ3) is 5.19. The SMILES string of the molecule is c1cnc(COc2ccc(OCCN3CCOCC3)cc2)nc1. The molecule has 3 rings (SSSR count). The molecule has 1 fully saturated rings. The molecule has 0 spiro atoms. The van der Waals surface area contributed by atoms with Crippen LogP contribution in [0.25, 0.3) is 0 Å². The fourth-order valence-corrected chi connectivity index (χ4v) is 2.30. The molecule has 0 atom stereocenters. The minimum Gasteiger partial charge on any atom is -0.492 e. The molecule has 6 heteroatoms. The molecule has 1 aromatic carbocycles. The Bertz CT molecular complexity index is 571. The summed E-state index contributed by atoms with van der Waals surface area (Å²) in [5.74, 6) is 2.29. The molecule has 6 nitrogen and oxygen atoms in total. The van der Waals surface area contributed by atoms with Gasteiger partial charge in [0, 0.05) is 32.0 Å². The number of hydrogen-bond donors (Lipinski definition) is 0. The third-order valence-electron chi connectivity index (χ3n) is 3.59. The maximum absolute atomic E-state index is 5.76. The number of rotatable bonds is 7. The maximum atomic E-state index is 5.76. The van der Waals surface area contributed by atoms with Gasteiger partial charge in [0.2, 0.25) is 0 Å². The first kappa shape index (κ1) is 15.7. The molecule has 2 aromatic rings. The second-order valence-corrected chi connectivity index (χ2v) is 5.23. The molecular formula is C17H21N3O3. The predicted molar refractivity (Wildman–Crippen MR) is 85.6 cm³/mol. The quantitative estimate of drug-likeness (QED) is 0.776. The summed E-state index contributed by atoms with van der Waals surface area (Å²) in [6.07, 6.45) is 3.41. The minimum atomic E-state index is 0.359. The highest BCUT2D eigenvalue weighted by molar-refractivity contribution is 5.31. The van der Waals surface area contributed by atoms with Crippen molar-refractivity contribution in [3.8, 4) is 11.5 Å². The van der Waals surface area contributed by atoms with Crippen LogP contribution in [0.1, 0.15) is 5.82 Å². The summed E-state index contributed by atoms with van der Waals surface area (Å²) in [6.45, 7) is 5.56. The van der Waals surface area contributed by atoms with E-state index in [2.05, 4.69) is 14.9 Å². The summed E-state index contributed by atoms with van der Waals surface area (Å²) in [4.78, 5) is 10.6. The van der Waals surface area contributed by atoms with E-state index >= 15 is 0 Å². The zero-order chi connectivity index (χ0) is 15.7. The van der Waals surface area contributed by atoms with Gasteiger partial charge in [-0.2, -0.15) is 0 Å². The molecule has 1 aromatic heterocycles. The highest BCUT2D eigenvalue weighted by Gasteiger charge is 2.09. The van der Waals surface area contributed by atoms with Gasteiger partial charge in [-0.05, 0) is 30.3 Å². The predicted octanol–water partition coefficient (Wildman–Crippen LogP) is 1.77. The average molecular weight is 315 g/mol. The molecule has 1 aliphatic rings. The van der Waals surface area contributed by atoms with Crippen molar-refractivity contribution in [3.05, 3.63) is 48.5 Å². The molecule has 0 aliphatic carbocycles. The Morgan fingerprint density at radius 2 is 1.61 bits per heavy atom. The summed E-state index contributed by atoms with van der Waals surface area (Å²) in [5, 5.41) is 0. The minimum absolute atomic E-state index is 0.359. The molecule has 0 amide bonds. The van der Waals surface area contributed by atoms with Gasteiger partial charge in [0.25, 0.3) is 0 Å². The van der Waals surface area contributed by atoms with E-state index in [0.29, 0.717) is 19.0 Å². The normalized spacial score (nSPS) is 15.3. The standard InChI is InChI=1S/C17H21N3O3/c1-6-18-17(19-7-1)14-23-16-4-2-15(3-5-16)22-13-10-20-8-11-21-12-9-20/h1-7H,8-14H2. The van der Waals surface area contributed by atoms with Gasteiger partial charge < -0.3 is 14.2 Å². The van der Waals surface area contributed by atoms with Gasteiger partial charge in [0.1, 0.15) is 24.7 Å². The van der Waals surface area contributed by atoms with Gasteiger partial charge in [-0.15, -0.1) is 0 Å². The van der Waals surface area contributed by atoms with Gasteiger partial charge in [-0.3, -0.25) is 4.90 Å². The molecule has 0 saturated carbocycles. The Balaban J connectivity index is 1.40. The van der Waals surface area contributed by atoms with E-state index in [1.54, 1.807) is 18.5 Å². The van der Waals surface area contributed by atoms with Crippen molar-refractivity contribution in [3.63, 3.8) is 0 Å². The van der Waals surface area contributed by atoms with Crippen LogP contribution >= 0.6 is 0 Å². The van der Waals surface area contributed by atoms with Crippen LogP contribution in [0.2, 0.25) is 0 Å². The molecular weight excluding hydrogens is 294 g/mol. The van der Waals surface area contributed by atoms with Crippen LogP contribution in [0.3, 0.4) is 0 Å². The zero-order valence-corrected chi connectivity index (χ0v) is 13.1. The lowest BCUT2D eigenvalue weighted by Crippen LogP contribution is -2.38. The summed E-state index contributed by atoms with van der Waals surface area (Å²) in [5.41, 5.74) is 0. The second kappa shape index (κ2) is 8.45. The van der Waals surface area contributed by atoms with E-state index in [9.17, 15) is 0 Å². The number of ether oxygens (including phenoxy) is 3. The van der Waals surface area contributed by atoms with Crippen LogP contribution in [-0.2, 0) is 11.3 Å². The topological polar surface area (TPSA) is 56.7 Å². The largest absolute Gasteiger partial charge is 0.492 e. The van der Waals surface area contributed by atoms with Crippen molar-refractivity contribution < 1.29 is 14.2 Å². The fraction of sp³-hybridized carbons (Fsp3) is 0.412. The number of aromatic nitrogens is 2. The maximum Gasteiger partial charge on any atom is 0.166 e. The van der Waals surface area contributed by atoms with E-state index in [4.69, 9.17) is 14.2 Å². The first-order chi connectivity index (χ1) is 11.4. The van der Waals surface area contributed by atoms with Crippen molar-refractivity contribution in [2.45, 2.75) is 6.61 Å². The van der Waals surface area contributed by atoms with Crippen LogP contribution in [0.4, 0.5) is 0 Å². The van der Waals surface area contributed by atoms with Crippen LogP contribution in [0.15, 0.2) is 42.7 Å². The highest BCUT2D eigenvalue weighted by atomic mass is 16.5. The van der Waals surface area contributed by atoms with E-state index in [-0.39, 0.29) is 0 Å². The van der Waals surface area contributed by atoms with Gasteiger partial charge in [-0.1, -0.05) is 0 Å². The molecule has 23 heavy (non-hydrogen) atoms. The lowest BCUT2D eigenvalue weighted by Gasteiger charge is -2.26. The Hall–Kier alpha value is -2.18. The summed E-state index contributed by atoms with van der Waals surface area (Å²) in [6, 6.07) is 9.41. The lowest BCUT2D eigenvalue weighted by atomic mass is 10.3. The third-order valence-corrected chi connectivity index (χ3v) is 3.59. The molecule has 0 N–H and O–H groups in total. The van der Waals surface area contributed by atoms with Crippen LogP contribution in [0.5, 0.6) is 11.5 Å². The van der Waals surface area contributed by atoms with E-state index in [0.717, 1.165) is 44.3 Å². The second-order valence-electron chi connectivity index (χ2n) is 5.23. The van der Waals surface area contributed by atoms with Gasteiger partial charge in [0.15, 0.2) is 5.82 Å². The van der Waals surface area contributed by atoms with Crippen LogP contribution in [0, 0.1) is 0 Å². The van der Waals surface area contributed by atoms with Crippen LogP contribution in [-0.4, -0.2) is 54.3 Å². The number of nitrogens with zero attached hydrogens (tertiary/aromatic N) is 3. The number of benzene rings is 1. The molecule has 1 aliphatic heterocycles. The van der Waals surface area contributed by atoms with Gasteiger partial charge in [-0.25, -0.2) is 9.97 Å². The van der Waals surface area contributed by atoms with Gasteiger partial charge >= 0.3 is 0 Å². The number of morpholine rings is 1. The summed E-state index contributed by atoms with van der Waals surface area (Å²) in [7, 11) is 0. The zero-order valence-electron chi connectivity index (χ0n) is 13.1. The summed E-state index contributed by atoms with van der Waals surface area (Å²) >= 11 is 0. The Morgan fingerprint density at radius 1 is 0.957 bits per heavy atom. The first-order valence-electron chi connectivity index (χ1n) is 7.82. The van der Waals surface area contributed by atoms with Crippen LogP contribution < -0.4 is 9.47 Å². The van der Waals surface area contributed by atoms with E-state index < -0.39 is 0 Å². The molecule has 0 bridgehead atoms. The number of hydrogen-bond acceptors (Lipinski definition) is 6. The van der Waals surface area contributed by atoms with Crippen molar-refractivity contribution in [2.24, 2.45) is 0 Å². The van der Waals surface area contributed by atoms with Crippen molar-refractivity contribution in [1.82, 2.24) is 14.9 Å². The fourth-order valence-electron chi connectivity index (χ4n) is 2.30. The smallest absolute Gasteiger partial charge is 0.166 e. The lowest BCUT2D eigenvalue weighted by molar-refractivity contribution is 0.0322. The molecule has 122 valence electrons. The Labute approximate surface area is 136 Å². The highest BCUT2D eigenvalue weighted by Crippen LogP contribution is 2.18. The summed E-state index contributed by atoms with van der Waals surface area (Å²) < 4.78 is 16.7. The Kier molecular flexibility index (Phi) is 5.77.